The Balaban J connectivity index is 1.84. The summed E-state index contributed by atoms with van der Waals surface area (Å²) in [6.07, 6.45) is 6.86. The molecule has 0 spiro atoms. The van der Waals surface area contributed by atoms with Crippen LogP contribution in [0.4, 0.5) is 0 Å². The van der Waals surface area contributed by atoms with Gasteiger partial charge in [-0.15, -0.1) is 11.3 Å². The van der Waals surface area contributed by atoms with Crippen molar-refractivity contribution in [1.29, 1.82) is 0 Å². The third-order valence-electron chi connectivity index (χ3n) is 5.00. The van der Waals surface area contributed by atoms with Crippen LogP contribution in [0, 0.1) is 0 Å². The number of hydrogen-bond acceptors (Lipinski definition) is 5. The molecular formula is C18H22N2O2S2. The average Bonchev–Trinajstić information content (AvgIpc) is 3.09. The minimum absolute atomic E-state index is 0.0418. The van der Waals surface area contributed by atoms with Crippen molar-refractivity contribution >= 4 is 39.1 Å². The number of hydrogen-bond donors (Lipinski definition) is 0. The fourth-order valence-electron chi connectivity index (χ4n) is 3.78. The topological polar surface area (TPSA) is 52.0 Å². The molecule has 2 aromatic heterocycles. The van der Waals surface area contributed by atoms with Gasteiger partial charge in [-0.1, -0.05) is 18.2 Å². The molecule has 128 valence electrons. The van der Waals surface area contributed by atoms with E-state index in [-0.39, 0.29) is 16.9 Å². The number of nitrogens with zero attached hydrogens (tertiary/aromatic N) is 2. The van der Waals surface area contributed by atoms with Crippen LogP contribution in [0.15, 0.2) is 9.95 Å². The lowest BCUT2D eigenvalue weighted by Crippen LogP contribution is -2.28. The number of ketones is 1. The number of fused-ring (bicyclic) bond motifs is 3. The number of carbonyl (C=O) groups is 1. The molecule has 1 atom stereocenters. The van der Waals surface area contributed by atoms with Gasteiger partial charge in [0.1, 0.15) is 10.6 Å². The van der Waals surface area contributed by atoms with Gasteiger partial charge in [0.25, 0.3) is 5.56 Å². The Morgan fingerprint density at radius 2 is 2.00 bits per heavy atom. The molecule has 0 bridgehead atoms. The van der Waals surface area contributed by atoms with E-state index in [0.717, 1.165) is 53.9 Å². The van der Waals surface area contributed by atoms with Crippen LogP contribution in [0.2, 0.25) is 0 Å². The highest BCUT2D eigenvalue weighted by Crippen LogP contribution is 2.37. The quantitative estimate of drug-likeness (QED) is 0.770. The first-order chi connectivity index (χ1) is 11.6. The van der Waals surface area contributed by atoms with E-state index < -0.39 is 0 Å². The lowest BCUT2D eigenvalue weighted by atomic mass is 9.99. The van der Waals surface area contributed by atoms with Crippen molar-refractivity contribution in [2.75, 3.05) is 0 Å². The fraction of sp³-hybridized carbons (Fsp3) is 0.611. The highest BCUT2D eigenvalue weighted by Gasteiger charge is 2.28. The minimum Gasteiger partial charge on any atom is -0.298 e. The average molecular weight is 363 g/mol. The lowest BCUT2D eigenvalue weighted by Gasteiger charge is -2.22. The molecule has 0 aromatic carbocycles. The monoisotopic (exact) mass is 362 g/mol. The van der Waals surface area contributed by atoms with Crippen molar-refractivity contribution in [1.82, 2.24) is 9.55 Å². The van der Waals surface area contributed by atoms with E-state index in [2.05, 4.69) is 0 Å². The number of thiophene rings is 1. The Morgan fingerprint density at radius 1 is 1.17 bits per heavy atom. The van der Waals surface area contributed by atoms with Crippen molar-refractivity contribution in [3.05, 3.63) is 20.8 Å². The molecule has 24 heavy (non-hydrogen) atoms. The smallest absolute Gasteiger partial charge is 0.263 e. The first kappa shape index (κ1) is 16.3. The molecule has 2 aliphatic carbocycles. The second-order valence-corrected chi connectivity index (χ2v) is 9.27. The van der Waals surface area contributed by atoms with Gasteiger partial charge in [-0.05, 0) is 51.5 Å². The predicted octanol–water partition coefficient (Wildman–Crippen LogP) is 4.13. The second-order valence-electron chi connectivity index (χ2n) is 7.02. The molecule has 0 saturated heterocycles. The van der Waals surface area contributed by atoms with Crippen LogP contribution in [0.5, 0.6) is 0 Å². The van der Waals surface area contributed by atoms with Gasteiger partial charge in [0.2, 0.25) is 0 Å². The van der Waals surface area contributed by atoms with Crippen LogP contribution in [-0.4, -0.2) is 20.6 Å². The van der Waals surface area contributed by atoms with Crippen LogP contribution in [-0.2, 0) is 17.6 Å². The maximum absolute atomic E-state index is 13.2. The van der Waals surface area contributed by atoms with E-state index in [9.17, 15) is 9.59 Å². The van der Waals surface area contributed by atoms with Crippen LogP contribution in [0.3, 0.4) is 0 Å². The molecule has 2 aliphatic rings. The van der Waals surface area contributed by atoms with Gasteiger partial charge in [-0.3, -0.25) is 14.2 Å². The molecule has 4 nitrogen and oxygen atoms in total. The van der Waals surface area contributed by atoms with Crippen LogP contribution in [0.25, 0.3) is 10.2 Å². The van der Waals surface area contributed by atoms with E-state index in [1.807, 2.05) is 13.8 Å². The third kappa shape index (κ3) is 2.64. The molecule has 2 aromatic rings. The zero-order valence-electron chi connectivity index (χ0n) is 14.1. The zero-order chi connectivity index (χ0) is 16.8. The van der Waals surface area contributed by atoms with Gasteiger partial charge >= 0.3 is 0 Å². The normalized spacial score (nSPS) is 21.0. The van der Waals surface area contributed by atoms with E-state index in [0.29, 0.717) is 12.2 Å². The summed E-state index contributed by atoms with van der Waals surface area (Å²) in [7, 11) is 0. The Kier molecular flexibility index (Phi) is 4.29. The molecule has 0 amide bonds. The molecule has 0 aliphatic heterocycles. The molecule has 0 unspecified atom stereocenters. The van der Waals surface area contributed by atoms with Crippen molar-refractivity contribution in [3.8, 4) is 0 Å². The van der Waals surface area contributed by atoms with Gasteiger partial charge in [0, 0.05) is 17.3 Å². The van der Waals surface area contributed by atoms with Crippen molar-refractivity contribution in [2.24, 2.45) is 0 Å². The maximum atomic E-state index is 13.2. The zero-order valence-corrected chi connectivity index (χ0v) is 15.8. The number of aromatic nitrogens is 2. The molecule has 2 heterocycles. The van der Waals surface area contributed by atoms with Crippen LogP contribution in [0.1, 0.15) is 62.4 Å². The second kappa shape index (κ2) is 6.30. The summed E-state index contributed by atoms with van der Waals surface area (Å²) in [5.41, 5.74) is 1.31. The van der Waals surface area contributed by atoms with Gasteiger partial charge in [0.15, 0.2) is 5.16 Å². The highest BCUT2D eigenvalue weighted by atomic mass is 32.2. The van der Waals surface area contributed by atoms with E-state index >= 15 is 0 Å². The first-order valence-electron chi connectivity index (χ1n) is 8.82. The van der Waals surface area contributed by atoms with E-state index in [1.165, 1.54) is 22.2 Å². The Bertz CT molecular complexity index is 866. The van der Waals surface area contributed by atoms with Crippen molar-refractivity contribution in [2.45, 2.75) is 75.2 Å². The van der Waals surface area contributed by atoms with E-state index in [1.54, 1.807) is 15.9 Å². The first-order valence-corrected chi connectivity index (χ1v) is 10.5. The summed E-state index contributed by atoms with van der Waals surface area (Å²) in [6.45, 7) is 4.04. The SMILES string of the molecule is CC(C)n1c(S[C@H]2CCCCC2=O)nc2sc3c(c2c1=O)CCC3. The number of aryl methyl sites for hydroxylation is 2. The number of rotatable bonds is 3. The predicted molar refractivity (Wildman–Crippen MR) is 99.4 cm³/mol. The van der Waals surface area contributed by atoms with E-state index in [4.69, 9.17) is 4.98 Å². The molecule has 1 fully saturated rings. The van der Waals surface area contributed by atoms with Crippen molar-refractivity contribution in [3.63, 3.8) is 0 Å². The molecule has 6 heteroatoms. The molecule has 4 rings (SSSR count). The molecule has 0 radical (unpaired) electrons. The minimum atomic E-state index is -0.0418. The summed E-state index contributed by atoms with van der Waals surface area (Å²) in [5.74, 6) is 0.310. The standard InChI is InChI=1S/C18H22N2O2S2/c1-10(2)20-17(22)15-11-6-5-9-13(11)23-16(15)19-18(20)24-14-8-4-3-7-12(14)21/h10,14H,3-9H2,1-2H3/t14-/m0/s1. The van der Waals surface area contributed by atoms with Crippen LogP contribution < -0.4 is 5.56 Å². The largest absolute Gasteiger partial charge is 0.298 e. The van der Waals surface area contributed by atoms with Crippen molar-refractivity contribution < 1.29 is 4.79 Å². The lowest BCUT2D eigenvalue weighted by molar-refractivity contribution is -0.119. The van der Waals surface area contributed by atoms with Gasteiger partial charge in [-0.25, -0.2) is 4.98 Å². The molecule has 1 saturated carbocycles. The Hall–Kier alpha value is -1.14. The number of carbonyl (C=O) groups excluding carboxylic acids is 1. The molecule has 0 N–H and O–H groups in total. The number of Topliss-reactive ketones (excluding diaryl/α,β-unsaturated/α-hetero) is 1. The van der Waals surface area contributed by atoms with Crippen LogP contribution >= 0.6 is 23.1 Å². The van der Waals surface area contributed by atoms with Gasteiger partial charge < -0.3 is 0 Å². The Labute approximate surface area is 149 Å². The summed E-state index contributed by atoms with van der Waals surface area (Å²) < 4.78 is 1.81. The third-order valence-corrected chi connectivity index (χ3v) is 7.47. The summed E-state index contributed by atoms with van der Waals surface area (Å²) in [4.78, 5) is 32.4. The van der Waals surface area contributed by atoms with Gasteiger partial charge in [-0.2, -0.15) is 0 Å². The maximum Gasteiger partial charge on any atom is 0.263 e. The highest BCUT2D eigenvalue weighted by molar-refractivity contribution is 8.00. The summed E-state index contributed by atoms with van der Waals surface area (Å²) >= 11 is 3.18. The summed E-state index contributed by atoms with van der Waals surface area (Å²) in [5, 5.41) is 1.52. The molecular weight excluding hydrogens is 340 g/mol. The fourth-order valence-corrected chi connectivity index (χ4v) is 6.43. The Morgan fingerprint density at radius 3 is 2.75 bits per heavy atom. The summed E-state index contributed by atoms with van der Waals surface area (Å²) in [6, 6.07) is 0.0487. The number of thioether (sulfide) groups is 1. The van der Waals surface area contributed by atoms with Gasteiger partial charge in [0.05, 0.1) is 10.6 Å².